The molecule has 0 saturated heterocycles. The third-order valence-corrected chi connectivity index (χ3v) is 4.97. The second-order valence-electron chi connectivity index (χ2n) is 6.63. The molecule has 27 heavy (non-hydrogen) atoms. The zero-order valence-corrected chi connectivity index (χ0v) is 15.4. The van der Waals surface area contributed by atoms with E-state index in [1.807, 2.05) is 32.2 Å². The fourth-order valence-electron chi connectivity index (χ4n) is 3.43. The predicted molar refractivity (Wildman–Crippen MR) is 101 cm³/mol. The summed E-state index contributed by atoms with van der Waals surface area (Å²) < 4.78 is 21.8. The van der Waals surface area contributed by atoms with Crippen LogP contribution in [0.2, 0.25) is 0 Å². The average molecular weight is 367 g/mol. The Balaban J connectivity index is 1.78. The van der Waals surface area contributed by atoms with E-state index in [0.29, 0.717) is 35.6 Å². The zero-order valence-electron chi connectivity index (χ0n) is 15.4. The monoisotopic (exact) mass is 367 g/mol. The topological polar surface area (TPSA) is 64.9 Å². The number of rotatable bonds is 6. The molecule has 6 nitrogen and oxygen atoms in total. The standard InChI is InChI=1S/C20H22FN5O/c1-3-27-15-8-9-17(23-12-15)20-25-24-19(13-10-14(11-13)22-2)26(20)18-7-5-4-6-16(18)21/h4-9,12-14,22H,3,10-11H2,1-2H3. The minimum absolute atomic E-state index is 0.242. The van der Waals surface area contributed by atoms with E-state index < -0.39 is 0 Å². The molecule has 2 heterocycles. The van der Waals surface area contributed by atoms with Crippen LogP contribution in [0.1, 0.15) is 31.5 Å². The van der Waals surface area contributed by atoms with Crippen LogP contribution in [-0.4, -0.2) is 39.4 Å². The number of hydrogen-bond donors (Lipinski definition) is 1. The van der Waals surface area contributed by atoms with Crippen LogP contribution in [0.4, 0.5) is 4.39 Å². The summed E-state index contributed by atoms with van der Waals surface area (Å²) in [5, 5.41) is 12.0. The molecule has 7 heteroatoms. The van der Waals surface area contributed by atoms with Crippen molar-refractivity contribution in [2.24, 2.45) is 0 Å². The number of para-hydroxylation sites is 1. The van der Waals surface area contributed by atoms with Crippen LogP contribution in [0.5, 0.6) is 5.75 Å². The van der Waals surface area contributed by atoms with Gasteiger partial charge in [0.2, 0.25) is 0 Å². The summed E-state index contributed by atoms with van der Waals surface area (Å²) in [7, 11) is 1.96. The molecule has 140 valence electrons. The predicted octanol–water partition coefficient (Wildman–Crippen LogP) is 3.33. The van der Waals surface area contributed by atoms with Gasteiger partial charge in [-0.05, 0) is 51.1 Å². The minimum atomic E-state index is -0.310. The van der Waals surface area contributed by atoms with Gasteiger partial charge >= 0.3 is 0 Å². The van der Waals surface area contributed by atoms with Crippen LogP contribution >= 0.6 is 0 Å². The van der Waals surface area contributed by atoms with Crippen molar-refractivity contribution in [1.82, 2.24) is 25.1 Å². The van der Waals surface area contributed by atoms with E-state index in [2.05, 4.69) is 20.5 Å². The Morgan fingerprint density at radius 2 is 2.00 bits per heavy atom. The minimum Gasteiger partial charge on any atom is -0.492 e. The Hall–Kier alpha value is -2.80. The van der Waals surface area contributed by atoms with Gasteiger partial charge in [-0.15, -0.1) is 10.2 Å². The van der Waals surface area contributed by atoms with Gasteiger partial charge in [0, 0.05) is 12.0 Å². The highest BCUT2D eigenvalue weighted by Gasteiger charge is 2.34. The number of halogens is 1. The molecule has 1 aromatic carbocycles. The van der Waals surface area contributed by atoms with Crippen molar-refractivity contribution in [1.29, 1.82) is 0 Å². The van der Waals surface area contributed by atoms with Crippen molar-refractivity contribution >= 4 is 0 Å². The number of aromatic nitrogens is 4. The Kier molecular flexibility index (Phi) is 4.85. The quantitative estimate of drug-likeness (QED) is 0.724. The highest BCUT2D eigenvalue weighted by atomic mass is 19.1. The van der Waals surface area contributed by atoms with Crippen molar-refractivity contribution in [2.45, 2.75) is 31.7 Å². The van der Waals surface area contributed by atoms with Crippen molar-refractivity contribution in [3.05, 3.63) is 54.2 Å². The van der Waals surface area contributed by atoms with Crippen molar-refractivity contribution < 1.29 is 9.13 Å². The molecule has 1 fully saturated rings. The van der Waals surface area contributed by atoms with Crippen LogP contribution in [0.3, 0.4) is 0 Å². The van der Waals surface area contributed by atoms with Gasteiger partial charge in [-0.2, -0.15) is 0 Å². The molecule has 4 rings (SSSR count). The van der Waals surface area contributed by atoms with Crippen molar-refractivity contribution in [2.75, 3.05) is 13.7 Å². The fraction of sp³-hybridized carbons (Fsp3) is 0.350. The normalized spacial score (nSPS) is 18.9. The molecular weight excluding hydrogens is 345 g/mol. The maximum atomic E-state index is 14.6. The molecule has 0 radical (unpaired) electrons. The molecule has 1 aliphatic carbocycles. The molecule has 3 aromatic rings. The van der Waals surface area contributed by atoms with E-state index >= 15 is 0 Å². The summed E-state index contributed by atoms with van der Waals surface area (Å²) in [6.45, 7) is 2.50. The first-order valence-corrected chi connectivity index (χ1v) is 9.18. The molecule has 1 saturated carbocycles. The summed E-state index contributed by atoms with van der Waals surface area (Å²) in [5.74, 6) is 1.93. The number of nitrogens with one attached hydrogen (secondary N) is 1. The van der Waals surface area contributed by atoms with E-state index in [1.165, 1.54) is 6.07 Å². The summed E-state index contributed by atoms with van der Waals surface area (Å²) >= 11 is 0. The second kappa shape index (κ2) is 7.44. The molecule has 2 aromatic heterocycles. The average Bonchev–Trinajstić information content (AvgIpc) is 3.07. The maximum absolute atomic E-state index is 14.6. The van der Waals surface area contributed by atoms with Crippen molar-refractivity contribution in [3.8, 4) is 23.0 Å². The van der Waals surface area contributed by atoms with E-state index in [-0.39, 0.29) is 11.7 Å². The Labute approximate surface area is 157 Å². The van der Waals surface area contributed by atoms with E-state index in [4.69, 9.17) is 4.74 Å². The summed E-state index contributed by atoms with van der Waals surface area (Å²) in [6.07, 6.45) is 3.57. The molecule has 0 atom stereocenters. The summed E-state index contributed by atoms with van der Waals surface area (Å²) in [5.41, 5.74) is 1.07. The van der Waals surface area contributed by atoms with E-state index in [9.17, 15) is 4.39 Å². The van der Waals surface area contributed by atoms with Crippen LogP contribution in [0.25, 0.3) is 17.2 Å². The largest absolute Gasteiger partial charge is 0.492 e. The van der Waals surface area contributed by atoms with Gasteiger partial charge in [0.1, 0.15) is 23.1 Å². The molecule has 0 unspecified atom stereocenters. The molecular formula is C20H22FN5O. The first kappa shape index (κ1) is 17.6. The van der Waals surface area contributed by atoms with Gasteiger partial charge in [0.25, 0.3) is 0 Å². The first-order chi connectivity index (χ1) is 13.2. The summed E-state index contributed by atoms with van der Waals surface area (Å²) in [4.78, 5) is 4.45. The van der Waals surface area contributed by atoms with Gasteiger partial charge in [-0.3, -0.25) is 4.57 Å². The fourth-order valence-corrected chi connectivity index (χ4v) is 3.43. The third-order valence-electron chi connectivity index (χ3n) is 4.97. The SMILES string of the molecule is CCOc1ccc(-c2nnc(C3CC(NC)C3)n2-c2ccccc2F)nc1. The molecule has 0 spiro atoms. The Bertz CT molecular complexity index is 918. The second-order valence-corrected chi connectivity index (χ2v) is 6.63. The first-order valence-electron chi connectivity index (χ1n) is 9.18. The number of hydrogen-bond acceptors (Lipinski definition) is 5. The third kappa shape index (κ3) is 3.30. The van der Waals surface area contributed by atoms with Gasteiger partial charge in [0.15, 0.2) is 5.82 Å². The van der Waals surface area contributed by atoms with E-state index in [1.54, 1.807) is 22.9 Å². The van der Waals surface area contributed by atoms with Crippen LogP contribution in [0.15, 0.2) is 42.6 Å². The van der Waals surface area contributed by atoms with Crippen LogP contribution < -0.4 is 10.1 Å². The molecule has 1 N–H and O–H groups in total. The maximum Gasteiger partial charge on any atom is 0.187 e. The molecule has 0 bridgehead atoms. The zero-order chi connectivity index (χ0) is 18.8. The van der Waals surface area contributed by atoms with Crippen LogP contribution in [0, 0.1) is 5.82 Å². The summed E-state index contributed by atoms with van der Waals surface area (Å²) in [6, 6.07) is 10.8. The van der Waals surface area contributed by atoms with Crippen molar-refractivity contribution in [3.63, 3.8) is 0 Å². The lowest BCUT2D eigenvalue weighted by Gasteiger charge is -2.34. The van der Waals surface area contributed by atoms with E-state index in [0.717, 1.165) is 18.7 Å². The van der Waals surface area contributed by atoms with Crippen LogP contribution in [-0.2, 0) is 0 Å². The number of nitrogens with zero attached hydrogens (tertiary/aromatic N) is 4. The van der Waals surface area contributed by atoms with Gasteiger partial charge in [0.05, 0.1) is 18.5 Å². The number of pyridine rings is 1. The Morgan fingerprint density at radius 3 is 2.67 bits per heavy atom. The molecule has 0 aliphatic heterocycles. The van der Waals surface area contributed by atoms with Gasteiger partial charge in [-0.25, -0.2) is 9.37 Å². The number of benzene rings is 1. The van der Waals surface area contributed by atoms with Gasteiger partial charge in [-0.1, -0.05) is 12.1 Å². The smallest absolute Gasteiger partial charge is 0.187 e. The lowest BCUT2D eigenvalue weighted by Crippen LogP contribution is -2.38. The lowest BCUT2D eigenvalue weighted by atomic mass is 9.79. The lowest BCUT2D eigenvalue weighted by molar-refractivity contribution is 0.294. The highest BCUT2D eigenvalue weighted by Crippen LogP contribution is 2.38. The molecule has 1 aliphatic rings. The number of ether oxygens (including phenoxy) is 1. The Morgan fingerprint density at radius 1 is 1.19 bits per heavy atom. The molecule has 0 amide bonds. The highest BCUT2D eigenvalue weighted by molar-refractivity contribution is 5.55. The van der Waals surface area contributed by atoms with Gasteiger partial charge < -0.3 is 10.1 Å².